The van der Waals surface area contributed by atoms with E-state index in [4.69, 9.17) is 4.74 Å². The molecule has 3 rings (SSSR count). The van der Waals surface area contributed by atoms with Gasteiger partial charge in [-0.2, -0.15) is 0 Å². The van der Waals surface area contributed by atoms with Crippen LogP contribution in [0.5, 0.6) is 5.75 Å². The van der Waals surface area contributed by atoms with E-state index in [-0.39, 0.29) is 0 Å². The Balaban J connectivity index is 1.76. The molecule has 0 radical (unpaired) electrons. The Bertz CT molecular complexity index is 431. The van der Waals surface area contributed by atoms with Crippen molar-refractivity contribution in [3.63, 3.8) is 0 Å². The summed E-state index contributed by atoms with van der Waals surface area (Å²) >= 11 is 0. The quantitative estimate of drug-likeness (QED) is 0.839. The summed E-state index contributed by atoms with van der Waals surface area (Å²) in [4.78, 5) is 5.31. The lowest BCUT2D eigenvalue weighted by Gasteiger charge is -2.45. The highest BCUT2D eigenvalue weighted by Crippen LogP contribution is 2.30. The lowest BCUT2D eigenvalue weighted by Crippen LogP contribution is -2.56. The number of ether oxygens (including phenoxy) is 1. The van der Waals surface area contributed by atoms with Gasteiger partial charge in [-0.05, 0) is 57.0 Å². The molecule has 2 aliphatic rings. The van der Waals surface area contributed by atoms with Gasteiger partial charge in [-0.15, -0.1) is 0 Å². The first-order chi connectivity index (χ1) is 9.81. The minimum atomic E-state index is 0.655. The van der Waals surface area contributed by atoms with Crippen molar-refractivity contribution in [1.29, 1.82) is 0 Å². The van der Waals surface area contributed by atoms with Crippen LogP contribution in [0.15, 0.2) is 24.3 Å². The van der Waals surface area contributed by atoms with Crippen molar-refractivity contribution in [3.05, 3.63) is 24.3 Å². The molecule has 0 amide bonds. The normalized spacial score (nSPS) is 26.6. The molecule has 2 atom stereocenters. The van der Waals surface area contributed by atoms with E-state index >= 15 is 0 Å². The molecule has 20 heavy (non-hydrogen) atoms. The van der Waals surface area contributed by atoms with Gasteiger partial charge in [0.1, 0.15) is 5.75 Å². The third-order valence-electron chi connectivity index (χ3n) is 4.74. The maximum Gasteiger partial charge on any atom is 0.119 e. The molecule has 2 aliphatic heterocycles. The number of nitrogens with zero attached hydrogens (tertiary/aromatic N) is 2. The molecule has 1 aromatic carbocycles. The molecule has 3 heteroatoms. The summed E-state index contributed by atoms with van der Waals surface area (Å²) in [7, 11) is 0. The number of rotatable bonds is 4. The number of hydrogen-bond acceptors (Lipinski definition) is 3. The van der Waals surface area contributed by atoms with Gasteiger partial charge in [0.15, 0.2) is 0 Å². The number of benzene rings is 1. The molecule has 2 unspecified atom stereocenters. The fraction of sp³-hybridized carbons (Fsp3) is 0.647. The first-order valence-electron chi connectivity index (χ1n) is 8.05. The van der Waals surface area contributed by atoms with Crippen molar-refractivity contribution in [3.8, 4) is 5.75 Å². The van der Waals surface area contributed by atoms with Crippen molar-refractivity contribution in [2.75, 3.05) is 31.1 Å². The van der Waals surface area contributed by atoms with Crippen LogP contribution in [0.25, 0.3) is 0 Å². The van der Waals surface area contributed by atoms with E-state index in [1.165, 1.54) is 44.6 Å². The molecule has 0 bridgehead atoms. The van der Waals surface area contributed by atoms with Crippen molar-refractivity contribution < 1.29 is 4.74 Å². The predicted molar refractivity (Wildman–Crippen MR) is 83.6 cm³/mol. The zero-order valence-electron chi connectivity index (χ0n) is 12.7. The van der Waals surface area contributed by atoms with Gasteiger partial charge in [0.25, 0.3) is 0 Å². The van der Waals surface area contributed by atoms with Crippen molar-refractivity contribution >= 4 is 5.69 Å². The van der Waals surface area contributed by atoms with Gasteiger partial charge in [-0.1, -0.05) is 6.92 Å². The SMILES string of the molecule is CCOc1ccc(N2CC3CCCN3CC2CC)cc1. The highest BCUT2D eigenvalue weighted by atomic mass is 16.5. The summed E-state index contributed by atoms with van der Waals surface area (Å²) in [6.45, 7) is 8.79. The number of hydrogen-bond donors (Lipinski definition) is 0. The summed E-state index contributed by atoms with van der Waals surface area (Å²) in [5, 5.41) is 0. The van der Waals surface area contributed by atoms with E-state index in [9.17, 15) is 0 Å². The van der Waals surface area contributed by atoms with Gasteiger partial charge in [0, 0.05) is 30.9 Å². The molecule has 2 saturated heterocycles. The van der Waals surface area contributed by atoms with E-state index < -0.39 is 0 Å². The molecule has 1 aromatic rings. The van der Waals surface area contributed by atoms with Gasteiger partial charge in [0.05, 0.1) is 6.61 Å². The topological polar surface area (TPSA) is 15.7 Å². The molecule has 0 aliphatic carbocycles. The summed E-state index contributed by atoms with van der Waals surface area (Å²) in [6.07, 6.45) is 3.96. The Morgan fingerprint density at radius 1 is 1.15 bits per heavy atom. The van der Waals surface area contributed by atoms with Crippen LogP contribution in [0, 0.1) is 0 Å². The summed E-state index contributed by atoms with van der Waals surface area (Å²) in [5.74, 6) is 0.976. The zero-order valence-corrected chi connectivity index (χ0v) is 12.7. The van der Waals surface area contributed by atoms with Crippen LogP contribution in [-0.2, 0) is 0 Å². The summed E-state index contributed by atoms with van der Waals surface area (Å²) in [6, 6.07) is 10.1. The van der Waals surface area contributed by atoms with Gasteiger partial charge >= 0.3 is 0 Å². The van der Waals surface area contributed by atoms with Crippen LogP contribution in [0.4, 0.5) is 5.69 Å². The monoisotopic (exact) mass is 274 g/mol. The van der Waals surface area contributed by atoms with Crippen LogP contribution in [0.3, 0.4) is 0 Å². The maximum atomic E-state index is 5.54. The number of piperazine rings is 1. The molecule has 2 heterocycles. The maximum absolute atomic E-state index is 5.54. The highest BCUT2D eigenvalue weighted by Gasteiger charge is 2.35. The standard InChI is InChI=1S/C17H26N2O/c1-3-14-12-18-11-5-6-16(18)13-19(14)15-7-9-17(10-8-15)20-4-2/h7-10,14,16H,3-6,11-13H2,1-2H3. The van der Waals surface area contributed by atoms with E-state index in [1.54, 1.807) is 0 Å². The first kappa shape index (κ1) is 13.7. The minimum Gasteiger partial charge on any atom is -0.494 e. The number of fused-ring (bicyclic) bond motifs is 1. The van der Waals surface area contributed by atoms with Crippen LogP contribution < -0.4 is 9.64 Å². The van der Waals surface area contributed by atoms with Crippen molar-refractivity contribution in [1.82, 2.24) is 4.90 Å². The van der Waals surface area contributed by atoms with Crippen LogP contribution >= 0.6 is 0 Å². The Kier molecular flexibility index (Phi) is 4.16. The van der Waals surface area contributed by atoms with Crippen LogP contribution in [-0.4, -0.2) is 43.2 Å². The third-order valence-corrected chi connectivity index (χ3v) is 4.74. The fourth-order valence-electron chi connectivity index (χ4n) is 3.65. The van der Waals surface area contributed by atoms with Crippen LogP contribution in [0.1, 0.15) is 33.1 Å². The highest BCUT2D eigenvalue weighted by molar-refractivity contribution is 5.51. The zero-order chi connectivity index (χ0) is 13.9. The van der Waals surface area contributed by atoms with Crippen LogP contribution in [0.2, 0.25) is 0 Å². The second-order valence-corrected chi connectivity index (χ2v) is 5.93. The summed E-state index contributed by atoms with van der Waals surface area (Å²) in [5.41, 5.74) is 1.35. The Labute approximate surface area is 122 Å². The smallest absolute Gasteiger partial charge is 0.119 e. The second-order valence-electron chi connectivity index (χ2n) is 5.93. The first-order valence-corrected chi connectivity index (χ1v) is 8.05. The van der Waals surface area contributed by atoms with E-state index in [2.05, 4.69) is 41.0 Å². The lowest BCUT2D eigenvalue weighted by atomic mass is 10.0. The Morgan fingerprint density at radius 2 is 1.95 bits per heavy atom. The van der Waals surface area contributed by atoms with Gasteiger partial charge in [-0.25, -0.2) is 0 Å². The van der Waals surface area contributed by atoms with E-state index in [0.29, 0.717) is 6.04 Å². The van der Waals surface area contributed by atoms with Crippen molar-refractivity contribution in [2.24, 2.45) is 0 Å². The summed E-state index contributed by atoms with van der Waals surface area (Å²) < 4.78 is 5.54. The molecular formula is C17H26N2O. The second kappa shape index (κ2) is 6.04. The Hall–Kier alpha value is -1.22. The molecule has 0 saturated carbocycles. The van der Waals surface area contributed by atoms with E-state index in [1.807, 2.05) is 6.92 Å². The number of anilines is 1. The minimum absolute atomic E-state index is 0.655. The van der Waals surface area contributed by atoms with Gasteiger partial charge in [-0.3, -0.25) is 4.90 Å². The molecule has 0 N–H and O–H groups in total. The predicted octanol–water partition coefficient (Wildman–Crippen LogP) is 3.15. The molecular weight excluding hydrogens is 248 g/mol. The molecule has 0 spiro atoms. The molecule has 0 aromatic heterocycles. The molecule has 3 nitrogen and oxygen atoms in total. The van der Waals surface area contributed by atoms with E-state index in [0.717, 1.165) is 18.4 Å². The largest absolute Gasteiger partial charge is 0.494 e. The van der Waals surface area contributed by atoms with Gasteiger partial charge < -0.3 is 9.64 Å². The lowest BCUT2D eigenvalue weighted by molar-refractivity contribution is 0.194. The average molecular weight is 274 g/mol. The van der Waals surface area contributed by atoms with Crippen molar-refractivity contribution in [2.45, 2.75) is 45.2 Å². The molecule has 110 valence electrons. The van der Waals surface area contributed by atoms with Gasteiger partial charge in [0.2, 0.25) is 0 Å². The average Bonchev–Trinajstić information content (AvgIpc) is 2.94. The Morgan fingerprint density at radius 3 is 2.65 bits per heavy atom. The fourth-order valence-corrected chi connectivity index (χ4v) is 3.65. The molecule has 2 fully saturated rings. The third kappa shape index (κ3) is 2.64.